The minimum Gasteiger partial charge on any atom is -0.370 e. The first-order valence-corrected chi connectivity index (χ1v) is 9.09. The number of rotatable bonds is 8. The van der Waals surface area contributed by atoms with Gasteiger partial charge in [-0.25, -0.2) is 18.1 Å². The zero-order valence-electron chi connectivity index (χ0n) is 14.0. The molecule has 0 radical (unpaired) electrons. The Labute approximate surface area is 138 Å². The summed E-state index contributed by atoms with van der Waals surface area (Å²) in [7, 11) is -3.30. The van der Waals surface area contributed by atoms with Gasteiger partial charge < -0.3 is 11.1 Å². The van der Waals surface area contributed by atoms with Crippen LogP contribution in [0.3, 0.4) is 0 Å². The molecule has 0 atom stereocenters. The van der Waals surface area contributed by atoms with Crippen LogP contribution in [0.5, 0.6) is 0 Å². The normalized spacial score (nSPS) is 12.4. The Morgan fingerprint density at radius 3 is 2.35 bits per heavy atom. The zero-order valence-corrected chi connectivity index (χ0v) is 14.8. The van der Waals surface area contributed by atoms with Gasteiger partial charge in [0, 0.05) is 12.6 Å². The van der Waals surface area contributed by atoms with Crippen molar-refractivity contribution in [1.29, 1.82) is 0 Å². The Balaban J connectivity index is 2.60. The molecular formula is C16H26N4O2S. The number of aliphatic imine (C=N–C) groups is 1. The lowest BCUT2D eigenvalue weighted by molar-refractivity contribution is 0.569. The van der Waals surface area contributed by atoms with Gasteiger partial charge in [0.1, 0.15) is 0 Å². The molecular weight excluding hydrogens is 312 g/mol. The van der Waals surface area contributed by atoms with Gasteiger partial charge in [-0.15, -0.1) is 0 Å². The Kier molecular flexibility index (Phi) is 7.25. The van der Waals surface area contributed by atoms with E-state index in [-0.39, 0.29) is 11.8 Å². The van der Waals surface area contributed by atoms with Crippen LogP contribution in [-0.2, 0) is 22.3 Å². The molecule has 128 valence electrons. The predicted molar refractivity (Wildman–Crippen MR) is 95.5 cm³/mol. The van der Waals surface area contributed by atoms with Crippen molar-refractivity contribution in [2.75, 3.05) is 6.54 Å². The van der Waals surface area contributed by atoms with Gasteiger partial charge in [-0.1, -0.05) is 36.4 Å². The van der Waals surface area contributed by atoms with Crippen LogP contribution in [0.1, 0.15) is 31.9 Å². The molecule has 1 aromatic rings. The Hall–Kier alpha value is -1.86. The lowest BCUT2D eigenvalue weighted by atomic mass is 10.1. The molecule has 0 aromatic heterocycles. The van der Waals surface area contributed by atoms with Crippen molar-refractivity contribution in [3.63, 3.8) is 0 Å². The van der Waals surface area contributed by atoms with Gasteiger partial charge >= 0.3 is 0 Å². The van der Waals surface area contributed by atoms with Crippen LogP contribution in [0, 0.1) is 0 Å². The number of guanidine groups is 1. The van der Waals surface area contributed by atoms with Gasteiger partial charge in [0.25, 0.3) is 0 Å². The molecule has 6 nitrogen and oxygen atoms in total. The Morgan fingerprint density at radius 2 is 1.83 bits per heavy atom. The van der Waals surface area contributed by atoms with Gasteiger partial charge in [0.2, 0.25) is 10.0 Å². The molecule has 0 aliphatic rings. The number of nitrogens with two attached hydrogens (primary N) is 1. The first kappa shape index (κ1) is 19.2. The highest BCUT2D eigenvalue weighted by Gasteiger charge is 2.12. The van der Waals surface area contributed by atoms with Gasteiger partial charge in [-0.3, -0.25) is 0 Å². The third-order valence-electron chi connectivity index (χ3n) is 2.80. The second kappa shape index (κ2) is 8.69. The molecule has 1 aromatic carbocycles. The third kappa shape index (κ3) is 8.37. The molecule has 0 spiro atoms. The molecule has 0 heterocycles. The number of nitrogens with one attached hydrogen (secondary N) is 2. The average Bonchev–Trinajstić information content (AvgIpc) is 2.42. The van der Waals surface area contributed by atoms with Gasteiger partial charge in [-0.05, 0) is 31.9 Å². The highest BCUT2D eigenvalue weighted by atomic mass is 32.2. The van der Waals surface area contributed by atoms with E-state index in [4.69, 9.17) is 5.73 Å². The molecule has 0 fully saturated rings. The number of hydrogen-bond donors (Lipinski definition) is 3. The van der Waals surface area contributed by atoms with Crippen molar-refractivity contribution in [2.45, 2.75) is 39.1 Å². The Bertz CT molecular complexity index is 649. The van der Waals surface area contributed by atoms with E-state index >= 15 is 0 Å². The summed E-state index contributed by atoms with van der Waals surface area (Å²) in [5, 5.41) is 2.95. The number of hydrogen-bond acceptors (Lipinski definition) is 3. The fourth-order valence-electron chi connectivity index (χ4n) is 1.83. The maximum atomic E-state index is 11.9. The van der Waals surface area contributed by atoms with Crippen LogP contribution in [0.4, 0.5) is 0 Å². The molecule has 23 heavy (non-hydrogen) atoms. The van der Waals surface area contributed by atoms with E-state index in [2.05, 4.69) is 21.6 Å². The summed E-state index contributed by atoms with van der Waals surface area (Å²) in [5.41, 5.74) is 8.41. The average molecular weight is 338 g/mol. The SMILES string of the molecule is C=C(C)CNC(N)=NCc1ccc(CS(=O)(=O)NC(C)C)cc1. The number of sulfonamides is 1. The van der Waals surface area contributed by atoms with Gasteiger partial charge in [0.15, 0.2) is 5.96 Å². The van der Waals surface area contributed by atoms with Crippen molar-refractivity contribution < 1.29 is 8.42 Å². The molecule has 0 bridgehead atoms. The van der Waals surface area contributed by atoms with E-state index in [1.807, 2.05) is 19.1 Å². The van der Waals surface area contributed by atoms with E-state index in [0.717, 1.165) is 16.7 Å². The van der Waals surface area contributed by atoms with Crippen molar-refractivity contribution in [3.05, 3.63) is 47.5 Å². The molecule has 7 heteroatoms. The van der Waals surface area contributed by atoms with E-state index < -0.39 is 10.0 Å². The molecule has 0 unspecified atom stereocenters. The van der Waals surface area contributed by atoms with E-state index in [9.17, 15) is 8.42 Å². The summed E-state index contributed by atoms with van der Waals surface area (Å²) in [6.07, 6.45) is 0. The molecule has 4 N–H and O–H groups in total. The van der Waals surface area contributed by atoms with Crippen LogP contribution in [0.15, 0.2) is 41.4 Å². The van der Waals surface area contributed by atoms with Crippen molar-refractivity contribution in [2.24, 2.45) is 10.7 Å². The third-order valence-corrected chi connectivity index (χ3v) is 4.34. The molecule has 0 aliphatic heterocycles. The van der Waals surface area contributed by atoms with Crippen LogP contribution < -0.4 is 15.8 Å². The molecule has 0 amide bonds. The van der Waals surface area contributed by atoms with Crippen LogP contribution in [0.2, 0.25) is 0 Å². The fourth-order valence-corrected chi connectivity index (χ4v) is 3.27. The number of nitrogens with zero attached hydrogens (tertiary/aromatic N) is 1. The summed E-state index contributed by atoms with van der Waals surface area (Å²) in [4.78, 5) is 4.22. The maximum absolute atomic E-state index is 11.9. The van der Waals surface area contributed by atoms with Gasteiger partial charge in [0.05, 0.1) is 12.3 Å². The van der Waals surface area contributed by atoms with Gasteiger partial charge in [-0.2, -0.15) is 0 Å². The molecule has 0 aliphatic carbocycles. The quantitative estimate of drug-likeness (QED) is 0.380. The summed E-state index contributed by atoms with van der Waals surface area (Å²) < 4.78 is 26.3. The van der Waals surface area contributed by atoms with E-state index in [1.165, 1.54) is 0 Å². The van der Waals surface area contributed by atoms with Crippen molar-refractivity contribution in [1.82, 2.24) is 10.0 Å². The number of benzene rings is 1. The zero-order chi connectivity index (χ0) is 17.5. The minimum absolute atomic E-state index is 0.0307. The van der Waals surface area contributed by atoms with E-state index in [1.54, 1.807) is 26.0 Å². The highest BCUT2D eigenvalue weighted by molar-refractivity contribution is 7.88. The smallest absolute Gasteiger partial charge is 0.216 e. The monoisotopic (exact) mass is 338 g/mol. The van der Waals surface area contributed by atoms with Crippen molar-refractivity contribution >= 4 is 16.0 Å². The van der Waals surface area contributed by atoms with Crippen LogP contribution in [0.25, 0.3) is 0 Å². The lowest BCUT2D eigenvalue weighted by Gasteiger charge is -2.09. The summed E-state index contributed by atoms with van der Waals surface area (Å²) in [6.45, 7) is 10.3. The largest absolute Gasteiger partial charge is 0.370 e. The summed E-state index contributed by atoms with van der Waals surface area (Å²) >= 11 is 0. The minimum atomic E-state index is -3.30. The molecule has 1 rings (SSSR count). The second-order valence-electron chi connectivity index (χ2n) is 5.86. The lowest BCUT2D eigenvalue weighted by Crippen LogP contribution is -2.32. The summed E-state index contributed by atoms with van der Waals surface area (Å²) in [6, 6.07) is 7.19. The first-order chi connectivity index (χ1) is 10.7. The van der Waals surface area contributed by atoms with Crippen LogP contribution >= 0.6 is 0 Å². The molecule has 0 saturated carbocycles. The molecule has 0 saturated heterocycles. The fraction of sp³-hybridized carbons (Fsp3) is 0.438. The standard InChI is InChI=1S/C16H26N4O2S/c1-12(2)9-18-16(17)19-10-14-5-7-15(8-6-14)11-23(21,22)20-13(3)4/h5-8,13,20H,1,9-11H2,2-4H3,(H3,17,18,19). The highest BCUT2D eigenvalue weighted by Crippen LogP contribution is 2.09. The van der Waals surface area contributed by atoms with Crippen molar-refractivity contribution in [3.8, 4) is 0 Å². The Morgan fingerprint density at radius 1 is 1.26 bits per heavy atom. The second-order valence-corrected chi connectivity index (χ2v) is 7.61. The summed E-state index contributed by atoms with van der Waals surface area (Å²) in [5.74, 6) is 0.331. The maximum Gasteiger partial charge on any atom is 0.216 e. The van der Waals surface area contributed by atoms with E-state index in [0.29, 0.717) is 19.0 Å². The topological polar surface area (TPSA) is 96.6 Å². The van der Waals surface area contributed by atoms with Crippen LogP contribution in [-0.4, -0.2) is 27.0 Å². The predicted octanol–water partition coefficient (Wildman–Crippen LogP) is 1.49. The first-order valence-electron chi connectivity index (χ1n) is 7.44.